The number of carbonyl (C=O) groups is 3. The molecule has 1 aliphatic heterocycles. The van der Waals surface area contributed by atoms with Crippen LogP contribution in [0, 0.1) is 6.92 Å². The summed E-state index contributed by atoms with van der Waals surface area (Å²) in [5.41, 5.74) is 2.46. The number of nitrogens with zero attached hydrogens (tertiary/aromatic N) is 1. The van der Waals surface area contributed by atoms with Gasteiger partial charge in [0.25, 0.3) is 11.8 Å². The Morgan fingerprint density at radius 2 is 1.68 bits per heavy atom. The Labute approximate surface area is 240 Å². The average molecular weight is 655 g/mol. The van der Waals surface area contributed by atoms with Crippen LogP contribution < -0.4 is 15.0 Å². The molecule has 1 saturated heterocycles. The number of urea groups is 1. The van der Waals surface area contributed by atoms with Gasteiger partial charge >= 0.3 is 6.03 Å². The number of halogens is 3. The summed E-state index contributed by atoms with van der Waals surface area (Å²) in [6.07, 6.45) is 1.40. The van der Waals surface area contributed by atoms with Crippen LogP contribution in [-0.4, -0.2) is 17.8 Å². The molecule has 0 aliphatic carbocycles. The van der Waals surface area contributed by atoms with Crippen molar-refractivity contribution in [2.75, 3.05) is 4.90 Å². The molecule has 0 unspecified atom stereocenters. The van der Waals surface area contributed by atoms with Gasteiger partial charge in [0.1, 0.15) is 12.2 Å². The van der Waals surface area contributed by atoms with Crippen molar-refractivity contribution in [3.63, 3.8) is 0 Å². The number of amides is 4. The normalized spacial score (nSPS) is 14.8. The maximum absolute atomic E-state index is 13.2. The number of ether oxygens (including phenoxy) is 1. The summed E-state index contributed by atoms with van der Waals surface area (Å²) in [7, 11) is 0. The van der Waals surface area contributed by atoms with Gasteiger partial charge in [-0.1, -0.05) is 63.9 Å². The summed E-state index contributed by atoms with van der Waals surface area (Å²) in [4.78, 5) is 39.3. The fourth-order valence-electron chi connectivity index (χ4n) is 4.11. The molecule has 0 spiro atoms. The van der Waals surface area contributed by atoms with Crippen LogP contribution in [0.4, 0.5) is 10.5 Å². The van der Waals surface area contributed by atoms with E-state index >= 15 is 0 Å². The highest BCUT2D eigenvalue weighted by molar-refractivity contribution is 9.10. The molecule has 38 heavy (non-hydrogen) atoms. The molecule has 6 nitrogen and oxygen atoms in total. The number of nitrogens with one attached hydrogen (secondary N) is 1. The van der Waals surface area contributed by atoms with E-state index in [1.165, 1.54) is 6.08 Å². The number of aryl methyl sites for hydroxylation is 1. The van der Waals surface area contributed by atoms with Crippen LogP contribution in [0.2, 0.25) is 5.02 Å². The lowest BCUT2D eigenvalue weighted by Crippen LogP contribution is -2.54. The first-order chi connectivity index (χ1) is 18.2. The molecule has 4 aromatic rings. The maximum Gasteiger partial charge on any atom is 0.335 e. The van der Waals surface area contributed by atoms with E-state index in [1.807, 2.05) is 43.3 Å². The highest BCUT2D eigenvalue weighted by Crippen LogP contribution is 2.36. The number of fused-ring (bicyclic) bond motifs is 1. The summed E-state index contributed by atoms with van der Waals surface area (Å²) < 4.78 is 7.38. The van der Waals surface area contributed by atoms with E-state index < -0.39 is 17.8 Å². The van der Waals surface area contributed by atoms with Crippen molar-refractivity contribution in [2.24, 2.45) is 0 Å². The molecule has 4 amide bonds. The highest BCUT2D eigenvalue weighted by atomic mass is 79.9. The Hall–Kier alpha value is -3.46. The Morgan fingerprint density at radius 3 is 2.42 bits per heavy atom. The Morgan fingerprint density at radius 1 is 0.921 bits per heavy atom. The van der Waals surface area contributed by atoms with Crippen LogP contribution in [0.1, 0.15) is 16.7 Å². The van der Waals surface area contributed by atoms with Crippen molar-refractivity contribution in [3.8, 4) is 5.75 Å². The number of hydrogen-bond donors (Lipinski definition) is 1. The van der Waals surface area contributed by atoms with Crippen molar-refractivity contribution in [1.29, 1.82) is 0 Å². The van der Waals surface area contributed by atoms with Gasteiger partial charge in [-0.3, -0.25) is 14.9 Å². The molecule has 5 rings (SSSR count). The van der Waals surface area contributed by atoms with Crippen LogP contribution in [-0.2, 0) is 16.2 Å². The zero-order valence-electron chi connectivity index (χ0n) is 19.9. The minimum atomic E-state index is -0.810. The van der Waals surface area contributed by atoms with Crippen molar-refractivity contribution in [3.05, 3.63) is 109 Å². The van der Waals surface area contributed by atoms with Gasteiger partial charge in [0.2, 0.25) is 0 Å². The van der Waals surface area contributed by atoms with Crippen LogP contribution in [0.5, 0.6) is 5.75 Å². The second-order valence-electron chi connectivity index (χ2n) is 8.68. The first kappa shape index (κ1) is 26.2. The summed E-state index contributed by atoms with van der Waals surface area (Å²) >= 11 is 13.4. The van der Waals surface area contributed by atoms with Gasteiger partial charge in [-0.25, -0.2) is 9.69 Å². The summed E-state index contributed by atoms with van der Waals surface area (Å²) in [5, 5.41) is 4.79. The Bertz CT molecular complexity index is 1640. The molecule has 1 fully saturated rings. The lowest BCUT2D eigenvalue weighted by Gasteiger charge is -2.26. The third kappa shape index (κ3) is 5.25. The van der Waals surface area contributed by atoms with Gasteiger partial charge in [0.15, 0.2) is 5.75 Å². The number of carbonyl (C=O) groups excluding carboxylic acids is 3. The molecule has 9 heteroatoms. The first-order valence-corrected chi connectivity index (χ1v) is 13.4. The highest BCUT2D eigenvalue weighted by Gasteiger charge is 2.37. The largest absolute Gasteiger partial charge is 0.486 e. The molecule has 0 bridgehead atoms. The third-order valence-corrected chi connectivity index (χ3v) is 7.79. The minimum Gasteiger partial charge on any atom is -0.486 e. The molecular weight excluding hydrogens is 636 g/mol. The van der Waals surface area contributed by atoms with Crippen LogP contribution in [0.15, 0.2) is 87.3 Å². The van der Waals surface area contributed by atoms with Crippen LogP contribution in [0.3, 0.4) is 0 Å². The molecular formula is C29H19Br2ClN2O4. The van der Waals surface area contributed by atoms with Crippen LogP contribution in [0.25, 0.3) is 16.8 Å². The molecule has 4 aromatic carbocycles. The first-order valence-electron chi connectivity index (χ1n) is 11.5. The fourth-order valence-corrected chi connectivity index (χ4v) is 5.35. The third-order valence-electron chi connectivity index (χ3n) is 6.03. The maximum atomic E-state index is 13.2. The Kier molecular flexibility index (Phi) is 7.38. The smallest absolute Gasteiger partial charge is 0.335 e. The molecule has 1 N–H and O–H groups in total. The lowest BCUT2D eigenvalue weighted by molar-refractivity contribution is -0.122. The number of anilines is 1. The fraction of sp³-hybridized carbons (Fsp3) is 0.0690. The van der Waals surface area contributed by atoms with Crippen molar-refractivity contribution in [1.82, 2.24) is 5.32 Å². The van der Waals surface area contributed by atoms with E-state index in [2.05, 4.69) is 43.2 Å². The molecule has 0 aromatic heterocycles. The molecule has 1 aliphatic rings. The van der Waals surface area contributed by atoms with E-state index in [0.717, 1.165) is 31.3 Å². The van der Waals surface area contributed by atoms with Gasteiger partial charge in [0, 0.05) is 4.47 Å². The molecule has 190 valence electrons. The number of benzene rings is 4. The molecule has 0 saturated carbocycles. The number of hydrogen-bond acceptors (Lipinski definition) is 4. The van der Waals surface area contributed by atoms with Gasteiger partial charge in [-0.05, 0) is 92.8 Å². The SMILES string of the molecule is Cc1cc(N2C(=O)NC(=O)/C(=C\c3cc(Cl)c(OCc4ccc5ccccc5c4)c(Br)c3)C2=O)ccc1Br. The summed E-state index contributed by atoms with van der Waals surface area (Å²) in [6.45, 7) is 2.14. The molecule has 0 atom stereocenters. The second kappa shape index (κ2) is 10.7. The topological polar surface area (TPSA) is 75.7 Å². The van der Waals surface area contributed by atoms with Crippen molar-refractivity contribution >= 4 is 83.8 Å². The van der Waals surface area contributed by atoms with E-state index in [4.69, 9.17) is 16.3 Å². The van der Waals surface area contributed by atoms with E-state index in [1.54, 1.807) is 30.3 Å². The lowest BCUT2D eigenvalue weighted by atomic mass is 10.1. The quantitative estimate of drug-likeness (QED) is 0.178. The van der Waals surface area contributed by atoms with Gasteiger partial charge in [0.05, 0.1) is 15.2 Å². The van der Waals surface area contributed by atoms with Gasteiger partial charge in [-0.2, -0.15) is 0 Å². The summed E-state index contributed by atoms with van der Waals surface area (Å²) in [5.74, 6) is -1.08. The molecule has 1 heterocycles. The van der Waals surface area contributed by atoms with Gasteiger partial charge in [-0.15, -0.1) is 0 Å². The van der Waals surface area contributed by atoms with E-state index in [9.17, 15) is 14.4 Å². The predicted molar refractivity (Wildman–Crippen MR) is 155 cm³/mol. The minimum absolute atomic E-state index is 0.196. The standard InChI is InChI=1S/C29H19Br2ClN2O4/c1-16-10-21(8-9-23(16)30)34-28(36)22(27(35)33-29(34)37)12-18-13-24(31)26(25(32)14-18)38-15-17-6-7-19-4-2-3-5-20(19)11-17/h2-14H,15H2,1H3,(H,33,35,37)/b22-12+. The van der Waals surface area contributed by atoms with E-state index in [-0.39, 0.29) is 5.57 Å². The van der Waals surface area contributed by atoms with E-state index in [0.29, 0.717) is 33.1 Å². The number of rotatable bonds is 5. The van der Waals surface area contributed by atoms with Gasteiger partial charge < -0.3 is 4.74 Å². The average Bonchev–Trinajstić information content (AvgIpc) is 2.88. The Balaban J connectivity index is 1.40. The van der Waals surface area contributed by atoms with Crippen LogP contribution >= 0.6 is 43.5 Å². The summed E-state index contributed by atoms with van der Waals surface area (Å²) in [6, 6.07) is 21.7. The zero-order valence-corrected chi connectivity index (χ0v) is 23.9. The number of imide groups is 2. The monoisotopic (exact) mass is 652 g/mol. The molecule has 0 radical (unpaired) electrons. The number of barbiturate groups is 1. The second-order valence-corrected chi connectivity index (χ2v) is 10.8. The zero-order chi connectivity index (χ0) is 27.0. The predicted octanol–water partition coefficient (Wildman–Crippen LogP) is 7.57. The van der Waals surface area contributed by atoms with Crippen molar-refractivity contribution < 1.29 is 19.1 Å². The van der Waals surface area contributed by atoms with Crippen molar-refractivity contribution in [2.45, 2.75) is 13.5 Å².